The Balaban J connectivity index is 0.000000356. The smallest absolute Gasteiger partial charge is 0.410 e. The van der Waals surface area contributed by atoms with Gasteiger partial charge in [0.2, 0.25) is 11.4 Å². The van der Waals surface area contributed by atoms with Crippen molar-refractivity contribution in [1.29, 1.82) is 0 Å². The Kier molecular flexibility index (Phi) is 12.6. The predicted octanol–water partition coefficient (Wildman–Crippen LogP) is 6.07. The zero-order chi connectivity index (χ0) is 37.3. The number of piperidine rings is 1. The number of carbonyl (C=O) groups excluding carboxylic acids is 2. The van der Waals surface area contributed by atoms with Crippen LogP contribution in [0.5, 0.6) is 0 Å². The second-order valence-corrected chi connectivity index (χ2v) is 14.2. The first kappa shape index (κ1) is 40.9. The zero-order valence-electron chi connectivity index (χ0n) is 30.5. The van der Waals surface area contributed by atoms with Gasteiger partial charge in [0.25, 0.3) is 12.9 Å². The molecule has 17 nitrogen and oxygen atoms in total. The zero-order valence-corrected chi connectivity index (χ0v) is 29.5. The molecule has 3 saturated heterocycles. The Hall–Kier alpha value is -4.56. The number of hydrogen-bond acceptors (Lipinski definition) is 11. The largest absolute Gasteiger partial charge is 1.00 e. The van der Waals surface area contributed by atoms with Crippen LogP contribution in [-0.2, 0) is 9.47 Å². The monoisotopic (exact) mass is 736 g/mol. The number of hydrogen-bond donors (Lipinski definition) is 0. The van der Waals surface area contributed by atoms with E-state index in [0.717, 1.165) is 29.9 Å². The highest BCUT2D eigenvalue weighted by Crippen LogP contribution is 2.34. The average Bonchev–Trinajstić information content (AvgIpc) is 3.56. The Labute approximate surface area is 293 Å². The topological polar surface area (TPSA) is 184 Å². The molecule has 0 unspecified atom stereocenters. The number of nitro groups is 2. The quantitative estimate of drug-likeness (QED) is 0.139. The van der Waals surface area contributed by atoms with Gasteiger partial charge in [0.15, 0.2) is 0 Å². The van der Waals surface area contributed by atoms with Crippen molar-refractivity contribution in [2.75, 3.05) is 39.3 Å². The van der Waals surface area contributed by atoms with Crippen LogP contribution in [0.3, 0.4) is 0 Å². The molecule has 0 aliphatic carbocycles. The fourth-order valence-electron chi connectivity index (χ4n) is 5.55. The molecule has 3 aliphatic rings. The van der Waals surface area contributed by atoms with Gasteiger partial charge in [0.1, 0.15) is 23.6 Å². The van der Waals surface area contributed by atoms with Crippen molar-refractivity contribution in [3.8, 4) is 0 Å². The first-order valence-corrected chi connectivity index (χ1v) is 15.9. The molecule has 0 bridgehead atoms. The van der Waals surface area contributed by atoms with Gasteiger partial charge in [0, 0.05) is 45.3 Å². The maximum Gasteiger partial charge on any atom is 0.410 e. The van der Waals surface area contributed by atoms with E-state index >= 15 is 0 Å². The lowest BCUT2D eigenvalue weighted by Crippen LogP contribution is -2.56. The summed E-state index contributed by atoms with van der Waals surface area (Å²) in [5, 5.41) is 28.9. The molecule has 0 radical (unpaired) electrons. The van der Waals surface area contributed by atoms with Crippen molar-refractivity contribution in [3.63, 3.8) is 0 Å². The molecule has 0 atom stereocenters. The summed E-state index contributed by atoms with van der Waals surface area (Å²) in [7, 11) is 0. The fourth-order valence-corrected chi connectivity index (χ4v) is 5.55. The van der Waals surface area contributed by atoms with Crippen LogP contribution in [0.2, 0.25) is 0 Å². The summed E-state index contributed by atoms with van der Waals surface area (Å²) in [6.45, 7) is 13.5. The average molecular weight is 737 g/mol. The highest BCUT2D eigenvalue weighted by atomic mass is 19.3. The Morgan fingerprint density at radius 2 is 1.12 bits per heavy atom. The summed E-state index contributed by atoms with van der Waals surface area (Å²) in [6, 6.07) is -0.246. The van der Waals surface area contributed by atoms with Gasteiger partial charge in [-0.15, -0.1) is 0 Å². The van der Waals surface area contributed by atoms with E-state index in [1.807, 2.05) is 20.8 Å². The lowest BCUT2D eigenvalue weighted by Gasteiger charge is -2.46. The summed E-state index contributed by atoms with van der Waals surface area (Å²) in [5.74, 6) is 0. The summed E-state index contributed by atoms with van der Waals surface area (Å²) < 4.78 is 64.2. The predicted molar refractivity (Wildman–Crippen MR) is 173 cm³/mol. The van der Waals surface area contributed by atoms with E-state index in [2.05, 4.69) is 15.1 Å². The molecule has 51 heavy (non-hydrogen) atoms. The number of aromatic nitrogens is 4. The van der Waals surface area contributed by atoms with Gasteiger partial charge < -0.3 is 28.1 Å². The third kappa shape index (κ3) is 10.3. The molecule has 21 heteroatoms. The summed E-state index contributed by atoms with van der Waals surface area (Å²) in [4.78, 5) is 49.1. The van der Waals surface area contributed by atoms with E-state index in [1.54, 1.807) is 25.7 Å². The van der Waals surface area contributed by atoms with Gasteiger partial charge in [0.05, 0.1) is 21.9 Å². The lowest BCUT2D eigenvalue weighted by atomic mass is 9.98. The molecule has 0 N–H and O–H groups in total. The molecular formula is C30H45F4N9O8-2. The molecule has 2 aromatic rings. The second kappa shape index (κ2) is 15.8. The van der Waals surface area contributed by atoms with Gasteiger partial charge in [-0.1, -0.05) is 0 Å². The van der Waals surface area contributed by atoms with Crippen molar-refractivity contribution < 1.29 is 47.9 Å². The van der Waals surface area contributed by atoms with Crippen molar-refractivity contribution >= 4 is 23.6 Å². The highest BCUT2D eigenvalue weighted by molar-refractivity contribution is 5.69. The molecule has 3 fully saturated rings. The Bertz CT molecular complexity index is 1560. The highest BCUT2D eigenvalue weighted by Gasteiger charge is 2.40. The minimum atomic E-state index is -3.02. The number of ether oxygens (including phenoxy) is 2. The SMILES string of the molecule is CC(C)(C)OC(=O)N1CC(n2cc([N+](=O)[O-])c(C(F)F)n2)C1.CC(C)(C)OC(=O)N1CCC(N2CC(n3cc([N+](=O)[O-])c(C(F)F)n3)C2)CC1.[2H-].[CH3-]. The molecule has 2 aromatic heterocycles. The van der Waals surface area contributed by atoms with Crippen molar-refractivity contribution in [1.82, 2.24) is 34.3 Å². The van der Waals surface area contributed by atoms with Crippen LogP contribution in [0.15, 0.2) is 12.4 Å². The molecule has 0 aromatic carbocycles. The number of alkyl halides is 4. The lowest BCUT2D eigenvalue weighted by molar-refractivity contribution is -0.386. The fraction of sp³-hybridized carbons (Fsp3) is 0.700. The van der Waals surface area contributed by atoms with E-state index in [9.17, 15) is 47.4 Å². The summed E-state index contributed by atoms with van der Waals surface area (Å²) >= 11 is 0. The third-order valence-electron chi connectivity index (χ3n) is 8.07. The molecule has 2 amide bonds. The molecule has 5 heterocycles. The van der Waals surface area contributed by atoms with E-state index in [-0.39, 0.29) is 46.2 Å². The first-order valence-electron chi connectivity index (χ1n) is 15.9. The molecule has 0 spiro atoms. The standard InChI is InChI=1S/C17H25F2N5O4.C12H16F2N4O4.CH3.H/c1-17(2,3)28-16(25)21-6-4-11(5-7-21)22-8-12(9-22)23-10-13(24(26)27)14(20-23)15(18)19;1-12(2,3)22-11(19)16-4-7(5-16)17-6-8(18(20)21)9(15-17)10(13)14;;/h10-12,15H,4-9H2,1-3H3;6-7,10H,4-5H2,1-3H3;1H3;/q;;2*-1/i;;;1+1. The molecule has 288 valence electrons. The van der Waals surface area contributed by atoms with E-state index in [0.29, 0.717) is 26.2 Å². The number of halogens is 4. The number of nitrogens with zero attached hydrogens (tertiary/aromatic N) is 9. The number of carbonyl (C=O) groups is 2. The Morgan fingerprint density at radius 1 is 0.745 bits per heavy atom. The van der Waals surface area contributed by atoms with Crippen LogP contribution < -0.4 is 0 Å². The van der Waals surface area contributed by atoms with Gasteiger partial charge in [-0.3, -0.25) is 34.5 Å². The second-order valence-electron chi connectivity index (χ2n) is 14.2. The van der Waals surface area contributed by atoms with Crippen molar-refractivity contribution in [2.45, 2.75) is 96.6 Å². The minimum Gasteiger partial charge on any atom is -1.00 e. The van der Waals surface area contributed by atoms with Crippen LogP contribution in [0.1, 0.15) is 92.1 Å². The van der Waals surface area contributed by atoms with E-state index in [4.69, 9.17) is 9.47 Å². The summed E-state index contributed by atoms with van der Waals surface area (Å²) in [5.41, 5.74) is -4.16. The normalized spacial score (nSPS) is 17.6. The first-order chi connectivity index (χ1) is 23.1. The van der Waals surface area contributed by atoms with Crippen LogP contribution >= 0.6 is 0 Å². The maximum absolute atomic E-state index is 12.9. The number of likely N-dealkylation sites (tertiary alicyclic amines) is 3. The molecular weight excluding hydrogens is 690 g/mol. The van der Waals surface area contributed by atoms with Gasteiger partial charge in [-0.2, -0.15) is 10.2 Å². The summed E-state index contributed by atoms with van der Waals surface area (Å²) in [6.07, 6.45) is -3.16. The molecule has 5 rings (SSSR count). The van der Waals surface area contributed by atoms with E-state index in [1.165, 1.54) is 9.58 Å². The van der Waals surface area contributed by atoms with Crippen LogP contribution in [0.4, 0.5) is 38.5 Å². The third-order valence-corrected chi connectivity index (χ3v) is 8.07. The van der Waals surface area contributed by atoms with Crippen molar-refractivity contribution in [2.24, 2.45) is 0 Å². The van der Waals surface area contributed by atoms with Crippen LogP contribution in [0, 0.1) is 27.7 Å². The number of rotatable bonds is 7. The van der Waals surface area contributed by atoms with Gasteiger partial charge >= 0.3 is 23.6 Å². The molecule has 0 saturated carbocycles. The van der Waals surface area contributed by atoms with Crippen LogP contribution in [0.25, 0.3) is 0 Å². The number of amides is 2. The van der Waals surface area contributed by atoms with Gasteiger partial charge in [-0.25, -0.2) is 27.2 Å². The van der Waals surface area contributed by atoms with Gasteiger partial charge in [-0.05, 0) is 54.4 Å². The molecule has 3 aliphatic heterocycles. The van der Waals surface area contributed by atoms with Crippen LogP contribution in [-0.4, -0.2) is 113 Å². The maximum atomic E-state index is 12.9. The van der Waals surface area contributed by atoms with Crippen molar-refractivity contribution in [3.05, 3.63) is 51.4 Å². The van der Waals surface area contributed by atoms with E-state index < -0.39 is 62.8 Å². The minimum absolute atomic E-state index is 0. The Morgan fingerprint density at radius 3 is 1.45 bits per heavy atom.